The second-order valence-corrected chi connectivity index (χ2v) is 6.91. The molecule has 0 radical (unpaired) electrons. The van der Waals surface area contributed by atoms with Gasteiger partial charge in [0, 0.05) is 12.1 Å². The second-order valence-electron chi connectivity index (χ2n) is 5.93. The van der Waals surface area contributed by atoms with Crippen molar-refractivity contribution in [3.63, 3.8) is 0 Å². The maximum absolute atomic E-state index is 12.1. The zero-order chi connectivity index (χ0) is 20.5. The van der Waals surface area contributed by atoms with E-state index in [1.165, 1.54) is 11.3 Å². The molecule has 1 aromatic heterocycles. The number of nitrogens with zero attached hydrogens (tertiary/aromatic N) is 3. The highest BCUT2D eigenvalue weighted by atomic mass is 32.1. The van der Waals surface area contributed by atoms with Crippen LogP contribution in [-0.2, 0) is 11.3 Å². The highest BCUT2D eigenvalue weighted by Gasteiger charge is 2.17. The molecule has 3 rings (SSSR count). The van der Waals surface area contributed by atoms with Gasteiger partial charge in [0.15, 0.2) is 0 Å². The van der Waals surface area contributed by atoms with Gasteiger partial charge in [0.1, 0.15) is 5.00 Å². The molecule has 1 amide bonds. The van der Waals surface area contributed by atoms with E-state index in [1.54, 1.807) is 19.2 Å². The Morgan fingerprint density at radius 2 is 1.86 bits per heavy atom. The first-order chi connectivity index (χ1) is 14.2. The summed E-state index contributed by atoms with van der Waals surface area (Å²) in [6.07, 6.45) is 2.97. The predicted molar refractivity (Wildman–Crippen MR) is 118 cm³/mol. The standard InChI is InChI=1S/C22H22N4O2S/c1-3-15-26-19(18-13-9-6-10-14-18)20(24-22(27)28-4-2)29-21(26)25-23-16-17-11-7-5-8-12-17/h3,5-14,16H,1,4,15H2,2H3,(H,24,27)/b23-16+,25-21-. The molecule has 0 atom stereocenters. The Balaban J connectivity index is 2.09. The average molecular weight is 407 g/mol. The molecule has 3 aromatic rings. The Hall–Kier alpha value is -3.45. The minimum atomic E-state index is -0.504. The van der Waals surface area contributed by atoms with Crippen LogP contribution in [0, 0.1) is 0 Å². The van der Waals surface area contributed by atoms with Crippen molar-refractivity contribution in [2.24, 2.45) is 10.2 Å². The number of hydrogen-bond donors (Lipinski definition) is 1. The van der Waals surface area contributed by atoms with Crippen molar-refractivity contribution in [1.82, 2.24) is 4.57 Å². The number of anilines is 1. The van der Waals surface area contributed by atoms with E-state index in [0.29, 0.717) is 23.0 Å². The van der Waals surface area contributed by atoms with E-state index in [1.807, 2.05) is 65.2 Å². The summed E-state index contributed by atoms with van der Waals surface area (Å²) < 4.78 is 7.02. The van der Waals surface area contributed by atoms with Crippen LogP contribution in [0.5, 0.6) is 0 Å². The van der Waals surface area contributed by atoms with Gasteiger partial charge < -0.3 is 9.30 Å². The van der Waals surface area contributed by atoms with Gasteiger partial charge in [-0.15, -0.1) is 11.7 Å². The zero-order valence-electron chi connectivity index (χ0n) is 16.1. The third kappa shape index (κ3) is 5.30. The van der Waals surface area contributed by atoms with E-state index in [-0.39, 0.29) is 0 Å². The van der Waals surface area contributed by atoms with Crippen LogP contribution in [0.4, 0.5) is 9.80 Å². The molecule has 0 spiro atoms. The molecule has 0 aliphatic heterocycles. The Morgan fingerprint density at radius 1 is 1.17 bits per heavy atom. The molecule has 0 unspecified atom stereocenters. The lowest BCUT2D eigenvalue weighted by atomic mass is 10.1. The smallest absolute Gasteiger partial charge is 0.412 e. The summed E-state index contributed by atoms with van der Waals surface area (Å²) in [5.74, 6) is 0. The number of amides is 1. The van der Waals surface area contributed by atoms with E-state index in [2.05, 4.69) is 22.1 Å². The number of thiazole rings is 1. The van der Waals surface area contributed by atoms with Gasteiger partial charge in [-0.2, -0.15) is 5.10 Å². The van der Waals surface area contributed by atoms with Crippen LogP contribution in [0.1, 0.15) is 12.5 Å². The molecule has 0 saturated heterocycles. The summed E-state index contributed by atoms with van der Waals surface area (Å²) in [6, 6.07) is 19.5. The number of ether oxygens (including phenoxy) is 1. The molecule has 1 N–H and O–H groups in total. The van der Waals surface area contributed by atoms with Crippen molar-refractivity contribution in [3.8, 4) is 11.3 Å². The SMILES string of the molecule is C=CCn1c(-c2ccccc2)c(NC(=O)OCC)s/c1=N\N=C\c1ccccc1. The van der Waals surface area contributed by atoms with Crippen molar-refractivity contribution in [2.45, 2.75) is 13.5 Å². The predicted octanol–water partition coefficient (Wildman–Crippen LogP) is 4.91. The Bertz CT molecular complexity index is 1050. The number of allylic oxidation sites excluding steroid dienone is 1. The largest absolute Gasteiger partial charge is 0.450 e. The van der Waals surface area contributed by atoms with Crippen LogP contribution >= 0.6 is 11.3 Å². The van der Waals surface area contributed by atoms with Gasteiger partial charge >= 0.3 is 6.09 Å². The van der Waals surface area contributed by atoms with Gasteiger partial charge in [-0.3, -0.25) is 5.32 Å². The van der Waals surface area contributed by atoms with Gasteiger partial charge in [-0.05, 0) is 12.5 Å². The molecule has 0 aliphatic rings. The highest BCUT2D eigenvalue weighted by molar-refractivity contribution is 7.14. The molecule has 1 heterocycles. The molecule has 0 saturated carbocycles. The van der Waals surface area contributed by atoms with E-state index in [9.17, 15) is 4.79 Å². The van der Waals surface area contributed by atoms with Gasteiger partial charge in [-0.1, -0.05) is 78.1 Å². The zero-order valence-corrected chi connectivity index (χ0v) is 16.9. The number of carbonyl (C=O) groups is 1. The molecule has 6 nitrogen and oxygen atoms in total. The van der Waals surface area contributed by atoms with E-state index < -0.39 is 6.09 Å². The normalized spacial score (nSPS) is 11.6. The monoisotopic (exact) mass is 406 g/mol. The average Bonchev–Trinajstić information content (AvgIpc) is 3.06. The number of rotatable bonds is 7. The number of nitrogens with one attached hydrogen (secondary N) is 1. The van der Waals surface area contributed by atoms with Crippen LogP contribution in [0.15, 0.2) is 83.5 Å². The Labute approximate surface area is 173 Å². The number of carbonyl (C=O) groups excluding carboxylic acids is 1. The lowest BCUT2D eigenvalue weighted by Gasteiger charge is -2.10. The maximum Gasteiger partial charge on any atom is 0.412 e. The molecule has 148 valence electrons. The summed E-state index contributed by atoms with van der Waals surface area (Å²) in [6.45, 7) is 6.43. The van der Waals surface area contributed by atoms with Gasteiger partial charge in [-0.25, -0.2) is 4.79 Å². The fourth-order valence-electron chi connectivity index (χ4n) is 2.70. The van der Waals surface area contributed by atoms with Crippen LogP contribution in [0.25, 0.3) is 11.3 Å². The van der Waals surface area contributed by atoms with Crippen LogP contribution in [0.2, 0.25) is 0 Å². The van der Waals surface area contributed by atoms with E-state index >= 15 is 0 Å². The van der Waals surface area contributed by atoms with Crippen molar-refractivity contribution < 1.29 is 9.53 Å². The summed E-state index contributed by atoms with van der Waals surface area (Å²) >= 11 is 1.33. The second kappa shape index (κ2) is 10.2. The molecule has 7 heteroatoms. The molecule has 29 heavy (non-hydrogen) atoms. The molecule has 0 fully saturated rings. The van der Waals surface area contributed by atoms with E-state index in [0.717, 1.165) is 16.8 Å². The molecule has 2 aromatic carbocycles. The van der Waals surface area contributed by atoms with Crippen LogP contribution in [0.3, 0.4) is 0 Å². The fourth-order valence-corrected chi connectivity index (χ4v) is 3.70. The molecular formula is C22H22N4O2S. The quantitative estimate of drug-likeness (QED) is 0.344. The van der Waals surface area contributed by atoms with Gasteiger partial charge in [0.25, 0.3) is 0 Å². The summed E-state index contributed by atoms with van der Waals surface area (Å²) in [5, 5.41) is 12.1. The first-order valence-corrected chi connectivity index (χ1v) is 10.0. The number of benzene rings is 2. The van der Waals surface area contributed by atoms with Crippen molar-refractivity contribution in [2.75, 3.05) is 11.9 Å². The van der Waals surface area contributed by atoms with Crippen molar-refractivity contribution >= 4 is 28.6 Å². The van der Waals surface area contributed by atoms with Crippen molar-refractivity contribution in [1.29, 1.82) is 0 Å². The maximum atomic E-state index is 12.1. The molecule has 0 aliphatic carbocycles. The lowest BCUT2D eigenvalue weighted by molar-refractivity contribution is 0.168. The minimum absolute atomic E-state index is 0.295. The first-order valence-electron chi connectivity index (χ1n) is 9.18. The first kappa shape index (κ1) is 20.3. The fraction of sp³-hybridized carbons (Fsp3) is 0.136. The third-order valence-electron chi connectivity index (χ3n) is 3.91. The van der Waals surface area contributed by atoms with Crippen LogP contribution in [-0.4, -0.2) is 23.5 Å². The topological polar surface area (TPSA) is 68.0 Å². The molecular weight excluding hydrogens is 384 g/mol. The lowest BCUT2D eigenvalue weighted by Crippen LogP contribution is -2.15. The van der Waals surface area contributed by atoms with Crippen molar-refractivity contribution in [3.05, 3.63) is 83.7 Å². The minimum Gasteiger partial charge on any atom is -0.450 e. The Morgan fingerprint density at radius 3 is 2.52 bits per heavy atom. The summed E-state index contributed by atoms with van der Waals surface area (Å²) in [4.78, 5) is 12.7. The highest BCUT2D eigenvalue weighted by Crippen LogP contribution is 2.31. The van der Waals surface area contributed by atoms with Gasteiger partial charge in [0.05, 0.1) is 18.5 Å². The summed E-state index contributed by atoms with van der Waals surface area (Å²) in [5.41, 5.74) is 2.74. The Kier molecular flexibility index (Phi) is 7.13. The van der Waals surface area contributed by atoms with Crippen LogP contribution < -0.4 is 10.1 Å². The van der Waals surface area contributed by atoms with Gasteiger partial charge in [0.2, 0.25) is 4.80 Å². The number of hydrogen-bond acceptors (Lipinski definition) is 5. The number of aromatic nitrogens is 1. The van der Waals surface area contributed by atoms with E-state index in [4.69, 9.17) is 4.74 Å². The summed E-state index contributed by atoms with van der Waals surface area (Å²) in [7, 11) is 0. The third-order valence-corrected chi connectivity index (χ3v) is 4.89. The molecule has 0 bridgehead atoms.